The molecule has 0 aliphatic heterocycles. The molecule has 4 heteroatoms. The summed E-state index contributed by atoms with van der Waals surface area (Å²) in [6.07, 6.45) is 2.95. The van der Waals surface area contributed by atoms with Gasteiger partial charge in [0.05, 0.1) is 0 Å². The number of hydrogen-bond acceptors (Lipinski definition) is 2. The number of rotatable bonds is 9. The van der Waals surface area contributed by atoms with Crippen molar-refractivity contribution >= 4 is 36.7 Å². The van der Waals surface area contributed by atoms with Gasteiger partial charge in [-0.15, -0.1) is 0 Å². The van der Waals surface area contributed by atoms with Crippen molar-refractivity contribution in [1.29, 1.82) is 0 Å². The molecule has 0 amide bonds. The molecule has 0 saturated carbocycles. The molecule has 0 aliphatic carbocycles. The number of halogens is 1. The molecule has 0 radical (unpaired) electrons. The molecule has 4 aromatic carbocycles. The molecular formula is C29H30BrO2P. The van der Waals surface area contributed by atoms with Gasteiger partial charge in [0.2, 0.25) is 0 Å². The molecule has 0 spiro atoms. The van der Waals surface area contributed by atoms with Crippen molar-refractivity contribution in [3.8, 4) is 11.5 Å². The second kappa shape index (κ2) is 10.1. The maximum atomic E-state index is 5.49. The SMILES string of the molecule is COc1cc(CCCP(Br)(c2ccccc2)(c2ccccc2)c2ccccc2)cc(OC)c1. The van der Waals surface area contributed by atoms with Crippen molar-refractivity contribution in [3.63, 3.8) is 0 Å². The van der Waals surface area contributed by atoms with Crippen molar-refractivity contribution in [2.24, 2.45) is 0 Å². The van der Waals surface area contributed by atoms with Gasteiger partial charge in [-0.2, -0.15) is 0 Å². The first-order chi connectivity index (χ1) is 16.1. The first kappa shape index (κ1) is 23.5. The van der Waals surface area contributed by atoms with Crippen LogP contribution in [-0.2, 0) is 6.42 Å². The second-order valence-electron chi connectivity index (χ2n) is 8.24. The van der Waals surface area contributed by atoms with E-state index in [1.54, 1.807) is 14.2 Å². The molecule has 2 nitrogen and oxygen atoms in total. The average molecular weight is 521 g/mol. The van der Waals surface area contributed by atoms with Crippen LogP contribution in [0.25, 0.3) is 0 Å². The Labute approximate surface area is 205 Å². The van der Waals surface area contributed by atoms with Crippen LogP contribution in [0.2, 0.25) is 0 Å². The van der Waals surface area contributed by atoms with Gasteiger partial charge in [0.25, 0.3) is 0 Å². The second-order valence-corrected chi connectivity index (χ2v) is 17.3. The fourth-order valence-electron chi connectivity index (χ4n) is 4.64. The zero-order valence-electron chi connectivity index (χ0n) is 19.2. The van der Waals surface area contributed by atoms with E-state index in [9.17, 15) is 0 Å². The van der Waals surface area contributed by atoms with Crippen molar-refractivity contribution in [2.75, 3.05) is 20.4 Å². The average Bonchev–Trinajstić information content (AvgIpc) is 2.90. The zero-order valence-corrected chi connectivity index (χ0v) is 21.6. The topological polar surface area (TPSA) is 18.5 Å². The molecule has 0 unspecified atom stereocenters. The molecule has 4 rings (SSSR count). The fraction of sp³-hybridized carbons (Fsp3) is 0.172. The molecule has 0 atom stereocenters. The predicted octanol–water partition coefficient (Wildman–Crippen LogP) is 6.48. The molecule has 170 valence electrons. The summed E-state index contributed by atoms with van der Waals surface area (Å²) < 4.78 is 11.0. The van der Waals surface area contributed by atoms with Crippen molar-refractivity contribution in [3.05, 3.63) is 115 Å². The van der Waals surface area contributed by atoms with E-state index in [0.717, 1.165) is 30.5 Å². The minimum atomic E-state index is -2.89. The first-order valence-corrected chi connectivity index (χ1v) is 15.6. The van der Waals surface area contributed by atoms with Gasteiger partial charge in [-0.25, -0.2) is 0 Å². The van der Waals surface area contributed by atoms with Crippen molar-refractivity contribution < 1.29 is 9.47 Å². The first-order valence-electron chi connectivity index (χ1n) is 11.2. The summed E-state index contributed by atoms with van der Waals surface area (Å²) in [5.41, 5.74) is 1.22. The van der Waals surface area contributed by atoms with E-state index in [2.05, 4.69) is 119 Å². The van der Waals surface area contributed by atoms with Crippen LogP contribution >= 0.6 is 20.8 Å². The summed E-state index contributed by atoms with van der Waals surface area (Å²) in [4.78, 5) is 0. The zero-order chi connectivity index (χ0) is 23.2. The predicted molar refractivity (Wildman–Crippen MR) is 147 cm³/mol. The monoisotopic (exact) mass is 520 g/mol. The van der Waals surface area contributed by atoms with Gasteiger partial charge in [-0.05, 0) is 0 Å². The van der Waals surface area contributed by atoms with Crippen LogP contribution in [0.4, 0.5) is 0 Å². The van der Waals surface area contributed by atoms with Crippen LogP contribution < -0.4 is 25.4 Å². The summed E-state index contributed by atoms with van der Waals surface area (Å²) in [6.45, 7) is 0. The summed E-state index contributed by atoms with van der Waals surface area (Å²) >= 11 is 4.53. The molecule has 0 heterocycles. The Kier molecular flexibility index (Phi) is 7.22. The number of benzene rings is 4. The van der Waals surface area contributed by atoms with Crippen LogP contribution in [0.3, 0.4) is 0 Å². The number of ether oxygens (including phenoxy) is 2. The Hall–Kier alpha value is -2.61. The van der Waals surface area contributed by atoms with Crippen LogP contribution in [0.1, 0.15) is 12.0 Å². The molecule has 0 bridgehead atoms. The molecule has 4 aromatic rings. The third-order valence-electron chi connectivity index (χ3n) is 6.34. The number of methoxy groups -OCH3 is 2. The Morgan fingerprint density at radius 3 is 1.36 bits per heavy atom. The standard InChI is InChI=1S/C29H30BrO2P/c1-31-25-21-24(22-26(23-25)32-2)13-12-20-33(30,27-14-6-3-7-15-27,28-16-8-4-9-17-28)29-18-10-5-11-19-29/h3-11,14-19,21-23H,12-13,20H2,1-2H3. The van der Waals surface area contributed by atoms with Gasteiger partial charge in [0, 0.05) is 0 Å². The number of hydrogen-bond donors (Lipinski definition) is 0. The van der Waals surface area contributed by atoms with Gasteiger partial charge in [0.1, 0.15) is 0 Å². The van der Waals surface area contributed by atoms with E-state index in [1.807, 2.05) is 6.07 Å². The molecule has 0 aliphatic rings. The van der Waals surface area contributed by atoms with E-state index in [0.29, 0.717) is 0 Å². The molecule has 0 aromatic heterocycles. The Morgan fingerprint density at radius 2 is 1.00 bits per heavy atom. The van der Waals surface area contributed by atoms with Gasteiger partial charge >= 0.3 is 206 Å². The Balaban J connectivity index is 1.80. The number of aryl methyl sites for hydroxylation is 1. The van der Waals surface area contributed by atoms with E-state index in [1.165, 1.54) is 21.5 Å². The molecular weight excluding hydrogens is 491 g/mol. The van der Waals surface area contributed by atoms with E-state index < -0.39 is 5.31 Å². The normalized spacial score (nSPS) is 12.5. The summed E-state index contributed by atoms with van der Waals surface area (Å²) in [7, 11) is 3.40. The quantitative estimate of drug-likeness (QED) is 0.235. The molecule has 0 N–H and O–H groups in total. The molecule has 0 saturated heterocycles. The van der Waals surface area contributed by atoms with Gasteiger partial charge in [-0.3, -0.25) is 0 Å². The van der Waals surface area contributed by atoms with Crippen LogP contribution in [0, 0.1) is 0 Å². The van der Waals surface area contributed by atoms with Gasteiger partial charge in [-0.1, -0.05) is 0 Å². The van der Waals surface area contributed by atoms with Crippen molar-refractivity contribution in [1.82, 2.24) is 0 Å². The van der Waals surface area contributed by atoms with Gasteiger partial charge in [0.15, 0.2) is 0 Å². The Bertz CT molecular complexity index is 1060. The summed E-state index contributed by atoms with van der Waals surface area (Å²) in [5, 5.41) is 1.17. The maximum absolute atomic E-state index is 5.49. The Morgan fingerprint density at radius 1 is 0.606 bits per heavy atom. The van der Waals surface area contributed by atoms with Crippen LogP contribution in [0.15, 0.2) is 109 Å². The van der Waals surface area contributed by atoms with Crippen LogP contribution in [0.5, 0.6) is 11.5 Å². The third kappa shape index (κ3) is 4.58. The van der Waals surface area contributed by atoms with E-state index in [4.69, 9.17) is 9.47 Å². The molecule has 33 heavy (non-hydrogen) atoms. The van der Waals surface area contributed by atoms with Gasteiger partial charge < -0.3 is 0 Å². The summed E-state index contributed by atoms with van der Waals surface area (Å²) in [6, 6.07) is 39.0. The third-order valence-corrected chi connectivity index (χ3v) is 16.4. The van der Waals surface area contributed by atoms with Crippen molar-refractivity contribution in [2.45, 2.75) is 12.8 Å². The van der Waals surface area contributed by atoms with E-state index in [-0.39, 0.29) is 0 Å². The summed E-state index contributed by atoms with van der Waals surface area (Å²) in [5.74, 6) is 1.66. The fourth-order valence-corrected chi connectivity index (χ4v) is 12.3. The molecule has 0 fully saturated rings. The minimum absolute atomic E-state index is 0.829. The van der Waals surface area contributed by atoms with E-state index >= 15 is 0 Å². The van der Waals surface area contributed by atoms with Crippen LogP contribution in [-0.4, -0.2) is 20.4 Å².